The van der Waals surface area contributed by atoms with Crippen molar-refractivity contribution >= 4 is 28.6 Å². The van der Waals surface area contributed by atoms with Crippen LogP contribution in [0.25, 0.3) is 10.8 Å². The van der Waals surface area contributed by atoms with Gasteiger partial charge >= 0.3 is 5.97 Å². The number of nitrogens with zero attached hydrogens (tertiary/aromatic N) is 1. The Hall–Kier alpha value is -2.93. The van der Waals surface area contributed by atoms with E-state index in [1.165, 1.54) is 0 Å². The Balaban J connectivity index is 2.12. The fourth-order valence-corrected chi connectivity index (χ4v) is 3.61. The van der Waals surface area contributed by atoms with Gasteiger partial charge < -0.3 is 10.4 Å². The van der Waals surface area contributed by atoms with E-state index in [0.29, 0.717) is 12.8 Å². The lowest BCUT2D eigenvalue weighted by Gasteiger charge is -2.30. The maximum atomic E-state index is 12.8. The van der Waals surface area contributed by atoms with Crippen LogP contribution in [0.5, 0.6) is 0 Å². The molecule has 2 rings (SSSR count). The summed E-state index contributed by atoms with van der Waals surface area (Å²) in [6.45, 7) is 7.27. The number of nitrogens with two attached hydrogens (primary N) is 1. The molecule has 0 bridgehead atoms. The predicted molar refractivity (Wildman–Crippen MR) is 121 cm³/mol. The zero-order valence-electron chi connectivity index (χ0n) is 18.7. The maximum absolute atomic E-state index is 12.8. The summed E-state index contributed by atoms with van der Waals surface area (Å²) in [6.07, 6.45) is 0.985. The zero-order valence-corrected chi connectivity index (χ0v) is 18.7. The van der Waals surface area contributed by atoms with Crippen LogP contribution in [-0.2, 0) is 20.8 Å². The lowest BCUT2D eigenvalue weighted by Crippen LogP contribution is -2.57. The van der Waals surface area contributed by atoms with E-state index in [-0.39, 0.29) is 24.2 Å². The van der Waals surface area contributed by atoms with E-state index in [1.807, 2.05) is 56.3 Å². The van der Waals surface area contributed by atoms with Gasteiger partial charge in [0.15, 0.2) is 0 Å². The van der Waals surface area contributed by atoms with Gasteiger partial charge in [-0.05, 0) is 41.0 Å². The summed E-state index contributed by atoms with van der Waals surface area (Å²) in [4.78, 5) is 37.1. The lowest BCUT2D eigenvalue weighted by molar-refractivity contribution is -0.146. The number of benzene rings is 2. The maximum Gasteiger partial charge on any atom is 0.326 e. The van der Waals surface area contributed by atoms with Crippen molar-refractivity contribution in [3.8, 4) is 0 Å². The molecule has 7 nitrogen and oxygen atoms in total. The third kappa shape index (κ3) is 6.52. The summed E-state index contributed by atoms with van der Waals surface area (Å²) in [7, 11) is 0. The summed E-state index contributed by atoms with van der Waals surface area (Å²) in [5.41, 5.74) is 1.04. The smallest absolute Gasteiger partial charge is 0.326 e. The second-order valence-electron chi connectivity index (χ2n) is 8.65. The molecule has 168 valence electrons. The highest BCUT2D eigenvalue weighted by Gasteiger charge is 2.32. The van der Waals surface area contributed by atoms with Crippen LogP contribution in [0.2, 0.25) is 0 Å². The molecule has 0 aliphatic carbocycles. The minimum atomic E-state index is -1.11. The van der Waals surface area contributed by atoms with E-state index in [1.54, 1.807) is 13.8 Å². The first-order chi connectivity index (χ1) is 14.6. The van der Waals surface area contributed by atoms with Crippen LogP contribution in [0.4, 0.5) is 0 Å². The summed E-state index contributed by atoms with van der Waals surface area (Å²) < 4.78 is 0. The van der Waals surface area contributed by atoms with Gasteiger partial charge in [-0.2, -0.15) is 0 Å². The monoisotopic (exact) mass is 427 g/mol. The number of hydrogen-bond acceptors (Lipinski definition) is 4. The Morgan fingerprint density at radius 2 is 1.68 bits per heavy atom. The van der Waals surface area contributed by atoms with Crippen molar-refractivity contribution in [2.45, 2.75) is 59.0 Å². The highest BCUT2D eigenvalue weighted by Crippen LogP contribution is 2.20. The minimum absolute atomic E-state index is 0.0926. The molecule has 0 radical (unpaired) electrons. The van der Waals surface area contributed by atoms with Crippen molar-refractivity contribution < 1.29 is 19.5 Å². The average Bonchev–Trinajstić information content (AvgIpc) is 2.72. The van der Waals surface area contributed by atoms with E-state index in [4.69, 9.17) is 5.84 Å². The SMILES string of the molecule is CC(C)C[C@@H](C(=O)N[C@H](C(=O)O)C(C)C)N(N)C(=O)CCc1cccc2ccccc12. The number of aliphatic carboxylic acids is 1. The molecule has 0 aromatic heterocycles. The van der Waals surface area contributed by atoms with Crippen LogP contribution in [0.15, 0.2) is 42.5 Å². The summed E-state index contributed by atoms with van der Waals surface area (Å²) in [5, 5.41) is 15.1. The summed E-state index contributed by atoms with van der Waals surface area (Å²) in [5.74, 6) is 3.87. The number of hydrazine groups is 1. The second-order valence-corrected chi connectivity index (χ2v) is 8.65. The molecule has 0 heterocycles. The zero-order chi connectivity index (χ0) is 23.1. The summed E-state index contributed by atoms with van der Waals surface area (Å²) >= 11 is 0. The third-order valence-corrected chi connectivity index (χ3v) is 5.34. The molecule has 31 heavy (non-hydrogen) atoms. The Morgan fingerprint density at radius 3 is 2.29 bits per heavy atom. The molecule has 0 aliphatic rings. The molecule has 2 amide bonds. The number of aryl methyl sites for hydroxylation is 1. The molecular formula is C24H33N3O4. The fourth-order valence-electron chi connectivity index (χ4n) is 3.61. The highest BCUT2D eigenvalue weighted by molar-refractivity contribution is 5.91. The molecule has 2 aromatic rings. The lowest BCUT2D eigenvalue weighted by atomic mass is 9.99. The first-order valence-corrected chi connectivity index (χ1v) is 10.7. The Kier molecular flexibility index (Phi) is 8.56. The minimum Gasteiger partial charge on any atom is -0.480 e. The topological polar surface area (TPSA) is 113 Å². The number of fused-ring (bicyclic) bond motifs is 1. The first-order valence-electron chi connectivity index (χ1n) is 10.7. The molecule has 2 atom stereocenters. The third-order valence-electron chi connectivity index (χ3n) is 5.34. The van der Waals surface area contributed by atoms with E-state index in [0.717, 1.165) is 21.3 Å². The number of carbonyl (C=O) groups is 3. The van der Waals surface area contributed by atoms with Crippen molar-refractivity contribution in [1.82, 2.24) is 10.3 Å². The molecule has 0 unspecified atom stereocenters. The average molecular weight is 428 g/mol. The Labute approximate surface area is 183 Å². The molecule has 0 saturated carbocycles. The number of carboxylic acids is 1. The molecular weight excluding hydrogens is 394 g/mol. The number of carbonyl (C=O) groups excluding carboxylic acids is 2. The van der Waals surface area contributed by atoms with Crippen LogP contribution in [0.3, 0.4) is 0 Å². The largest absolute Gasteiger partial charge is 0.480 e. The van der Waals surface area contributed by atoms with Crippen LogP contribution >= 0.6 is 0 Å². The van der Waals surface area contributed by atoms with Gasteiger partial charge in [-0.3, -0.25) is 14.6 Å². The van der Waals surface area contributed by atoms with E-state index in [2.05, 4.69) is 5.32 Å². The number of amides is 2. The number of rotatable bonds is 10. The van der Waals surface area contributed by atoms with Gasteiger partial charge in [0, 0.05) is 6.42 Å². The number of carboxylic acid groups (broad SMARTS) is 1. The Bertz CT molecular complexity index is 921. The van der Waals surface area contributed by atoms with Crippen molar-refractivity contribution in [1.29, 1.82) is 0 Å². The summed E-state index contributed by atoms with van der Waals surface area (Å²) in [6, 6.07) is 11.9. The van der Waals surface area contributed by atoms with Crippen LogP contribution in [-0.4, -0.2) is 40.0 Å². The van der Waals surface area contributed by atoms with Gasteiger partial charge in [0.2, 0.25) is 11.8 Å². The molecule has 0 spiro atoms. The van der Waals surface area contributed by atoms with Crippen LogP contribution in [0, 0.1) is 11.8 Å². The van der Waals surface area contributed by atoms with E-state index in [9.17, 15) is 19.5 Å². The van der Waals surface area contributed by atoms with Crippen molar-refractivity contribution in [2.24, 2.45) is 17.7 Å². The molecule has 0 saturated heterocycles. The fraction of sp³-hybridized carbons (Fsp3) is 0.458. The van der Waals surface area contributed by atoms with Crippen molar-refractivity contribution in [2.75, 3.05) is 0 Å². The second kappa shape index (κ2) is 10.9. The van der Waals surface area contributed by atoms with Crippen molar-refractivity contribution in [3.05, 3.63) is 48.0 Å². The Morgan fingerprint density at radius 1 is 1.03 bits per heavy atom. The first kappa shape index (κ1) is 24.3. The van der Waals surface area contributed by atoms with Crippen LogP contribution < -0.4 is 11.2 Å². The molecule has 4 N–H and O–H groups in total. The molecule has 2 aromatic carbocycles. The molecule has 0 fully saturated rings. The standard InChI is InChI=1S/C24H33N3O4/c1-15(2)14-20(23(29)26-22(16(3)4)24(30)31)27(25)21(28)13-12-18-10-7-9-17-8-5-6-11-19(17)18/h5-11,15-16,20,22H,12-14,25H2,1-4H3,(H,26,29)(H,30,31)/t20-,22-/m0/s1. The van der Waals surface area contributed by atoms with Gasteiger partial charge in [-0.1, -0.05) is 70.2 Å². The predicted octanol–water partition coefficient (Wildman–Crippen LogP) is 3.11. The number of nitrogens with one attached hydrogen (secondary N) is 1. The molecule has 0 aliphatic heterocycles. The van der Waals surface area contributed by atoms with Crippen molar-refractivity contribution in [3.63, 3.8) is 0 Å². The molecule has 7 heteroatoms. The van der Waals surface area contributed by atoms with Gasteiger partial charge in [0.05, 0.1) is 0 Å². The quantitative estimate of drug-likeness (QED) is 0.306. The highest BCUT2D eigenvalue weighted by atomic mass is 16.4. The number of hydrogen-bond donors (Lipinski definition) is 3. The van der Waals surface area contributed by atoms with Gasteiger partial charge in [-0.15, -0.1) is 0 Å². The normalized spacial score (nSPS) is 13.3. The van der Waals surface area contributed by atoms with Crippen LogP contribution in [0.1, 0.15) is 46.1 Å². The van der Waals surface area contributed by atoms with E-state index >= 15 is 0 Å². The van der Waals surface area contributed by atoms with Gasteiger partial charge in [0.25, 0.3) is 0 Å². The van der Waals surface area contributed by atoms with Gasteiger partial charge in [0.1, 0.15) is 12.1 Å². The van der Waals surface area contributed by atoms with E-state index < -0.39 is 24.0 Å². The van der Waals surface area contributed by atoms with Gasteiger partial charge in [-0.25, -0.2) is 10.6 Å².